The zero-order valence-electron chi connectivity index (χ0n) is 18.4. The molecule has 3 aromatic rings. The van der Waals surface area contributed by atoms with E-state index in [-0.39, 0.29) is 17.8 Å². The van der Waals surface area contributed by atoms with Gasteiger partial charge in [-0.3, -0.25) is 14.6 Å². The van der Waals surface area contributed by atoms with Gasteiger partial charge in [-0.05, 0) is 61.7 Å². The first-order valence-corrected chi connectivity index (χ1v) is 11.1. The summed E-state index contributed by atoms with van der Waals surface area (Å²) in [6.07, 6.45) is 2.37. The molecular weight excluding hydrogens is 447 g/mol. The van der Waals surface area contributed by atoms with E-state index in [1.807, 2.05) is 12.1 Å². The molecule has 6 nitrogen and oxygen atoms in total. The van der Waals surface area contributed by atoms with Crippen molar-refractivity contribution in [3.63, 3.8) is 0 Å². The SMILES string of the molecule is COC(=O)C1CCCN(C(=O)C(C)Oc2ccc3c(-c4ccc(F)cc4Cl)ccnc3c2)C1. The molecule has 1 aromatic heterocycles. The molecule has 0 saturated carbocycles. The number of esters is 1. The van der Waals surface area contributed by atoms with Crippen molar-refractivity contribution in [3.05, 3.63) is 59.5 Å². The summed E-state index contributed by atoms with van der Waals surface area (Å²) < 4.78 is 24.2. The minimum atomic E-state index is -0.728. The number of hydrogen-bond donors (Lipinski definition) is 0. The molecule has 2 unspecified atom stereocenters. The van der Waals surface area contributed by atoms with E-state index in [0.717, 1.165) is 17.4 Å². The fourth-order valence-electron chi connectivity index (χ4n) is 4.19. The summed E-state index contributed by atoms with van der Waals surface area (Å²) in [7, 11) is 1.36. The van der Waals surface area contributed by atoms with Crippen LogP contribution in [0, 0.1) is 11.7 Å². The molecule has 1 amide bonds. The van der Waals surface area contributed by atoms with Crippen molar-refractivity contribution in [2.24, 2.45) is 5.92 Å². The van der Waals surface area contributed by atoms with E-state index in [1.54, 1.807) is 36.2 Å². The Labute approximate surface area is 196 Å². The minimum absolute atomic E-state index is 0.177. The molecule has 0 aliphatic carbocycles. The normalized spacial score (nSPS) is 17.0. The molecule has 172 valence electrons. The van der Waals surface area contributed by atoms with E-state index in [4.69, 9.17) is 21.1 Å². The molecule has 1 fully saturated rings. The van der Waals surface area contributed by atoms with Crippen LogP contribution < -0.4 is 4.74 Å². The van der Waals surface area contributed by atoms with Gasteiger partial charge in [0.15, 0.2) is 6.10 Å². The number of aromatic nitrogens is 1. The zero-order chi connectivity index (χ0) is 23.5. The van der Waals surface area contributed by atoms with Gasteiger partial charge in [0.25, 0.3) is 5.91 Å². The Morgan fingerprint density at radius 2 is 2.00 bits per heavy atom. The van der Waals surface area contributed by atoms with Crippen LogP contribution in [0.2, 0.25) is 5.02 Å². The predicted molar refractivity (Wildman–Crippen MR) is 124 cm³/mol. The largest absolute Gasteiger partial charge is 0.481 e. The molecule has 8 heteroatoms. The number of piperidine rings is 1. The van der Waals surface area contributed by atoms with Gasteiger partial charge < -0.3 is 14.4 Å². The molecule has 2 heterocycles. The van der Waals surface area contributed by atoms with Gasteiger partial charge in [-0.25, -0.2) is 4.39 Å². The van der Waals surface area contributed by atoms with Gasteiger partial charge in [-0.2, -0.15) is 0 Å². The molecule has 33 heavy (non-hydrogen) atoms. The Balaban J connectivity index is 1.52. The van der Waals surface area contributed by atoms with E-state index in [9.17, 15) is 14.0 Å². The van der Waals surface area contributed by atoms with E-state index in [1.165, 1.54) is 19.2 Å². The molecule has 0 radical (unpaired) electrons. The first-order valence-electron chi connectivity index (χ1n) is 10.7. The number of pyridine rings is 1. The highest BCUT2D eigenvalue weighted by molar-refractivity contribution is 6.33. The molecule has 0 bridgehead atoms. The molecular formula is C25H24ClFN2O4. The van der Waals surface area contributed by atoms with Crippen LogP contribution in [-0.2, 0) is 14.3 Å². The monoisotopic (exact) mass is 470 g/mol. The van der Waals surface area contributed by atoms with E-state index in [0.29, 0.717) is 41.4 Å². The third-order valence-corrected chi connectivity index (χ3v) is 6.18. The van der Waals surface area contributed by atoms with Crippen LogP contribution in [-0.4, -0.2) is 48.1 Å². The number of nitrogens with zero attached hydrogens (tertiary/aromatic N) is 2. The van der Waals surface area contributed by atoms with Crippen molar-refractivity contribution in [2.75, 3.05) is 20.2 Å². The van der Waals surface area contributed by atoms with E-state index in [2.05, 4.69) is 4.98 Å². The number of carbonyl (C=O) groups is 2. The molecule has 2 atom stereocenters. The van der Waals surface area contributed by atoms with Crippen molar-refractivity contribution >= 4 is 34.4 Å². The number of amides is 1. The standard InChI is InChI=1S/C25H24ClFN2O4/c1-15(24(30)29-11-3-4-16(14-29)25(31)32-2)33-18-6-8-21-19(9-10-28-23(21)13-18)20-7-5-17(27)12-22(20)26/h5-10,12-13,15-16H,3-4,11,14H2,1-2H3. The predicted octanol–water partition coefficient (Wildman–Crippen LogP) is 4.87. The van der Waals surface area contributed by atoms with Crippen molar-refractivity contribution in [3.8, 4) is 16.9 Å². The first-order chi connectivity index (χ1) is 15.9. The van der Waals surface area contributed by atoms with Crippen LogP contribution in [0.25, 0.3) is 22.0 Å². The number of methoxy groups -OCH3 is 1. The summed E-state index contributed by atoms with van der Waals surface area (Å²) in [5, 5.41) is 1.14. The Bertz CT molecular complexity index is 1200. The van der Waals surface area contributed by atoms with Crippen LogP contribution in [0.3, 0.4) is 0 Å². The van der Waals surface area contributed by atoms with Gasteiger partial charge in [-0.1, -0.05) is 11.6 Å². The highest BCUT2D eigenvalue weighted by atomic mass is 35.5. The van der Waals surface area contributed by atoms with Crippen LogP contribution in [0.4, 0.5) is 4.39 Å². The van der Waals surface area contributed by atoms with Crippen LogP contribution in [0.5, 0.6) is 5.75 Å². The summed E-state index contributed by atoms with van der Waals surface area (Å²) >= 11 is 6.26. The topological polar surface area (TPSA) is 68.7 Å². The fraction of sp³-hybridized carbons (Fsp3) is 0.320. The van der Waals surface area contributed by atoms with Gasteiger partial charge in [0.2, 0.25) is 0 Å². The van der Waals surface area contributed by atoms with Crippen LogP contribution in [0.15, 0.2) is 48.7 Å². The average molecular weight is 471 g/mol. The first kappa shape index (κ1) is 23.0. The van der Waals surface area contributed by atoms with Crippen molar-refractivity contribution in [2.45, 2.75) is 25.9 Å². The molecule has 1 aliphatic rings. The van der Waals surface area contributed by atoms with Gasteiger partial charge in [0.05, 0.1) is 23.6 Å². The van der Waals surface area contributed by atoms with E-state index < -0.39 is 11.9 Å². The number of likely N-dealkylation sites (tertiary alicyclic amines) is 1. The maximum Gasteiger partial charge on any atom is 0.310 e. The minimum Gasteiger partial charge on any atom is -0.481 e. The number of ether oxygens (including phenoxy) is 2. The van der Waals surface area contributed by atoms with Crippen LogP contribution in [0.1, 0.15) is 19.8 Å². The number of fused-ring (bicyclic) bond motifs is 1. The molecule has 2 aromatic carbocycles. The fourth-order valence-corrected chi connectivity index (χ4v) is 4.46. The summed E-state index contributed by atoms with van der Waals surface area (Å²) in [6.45, 7) is 2.61. The lowest BCUT2D eigenvalue weighted by atomic mass is 9.98. The van der Waals surface area contributed by atoms with Gasteiger partial charge >= 0.3 is 5.97 Å². The second-order valence-electron chi connectivity index (χ2n) is 8.07. The third-order valence-electron chi connectivity index (χ3n) is 5.86. The lowest BCUT2D eigenvalue weighted by Gasteiger charge is -2.33. The summed E-state index contributed by atoms with van der Waals surface area (Å²) in [5.74, 6) is -0.675. The maximum atomic E-state index is 13.5. The summed E-state index contributed by atoms with van der Waals surface area (Å²) in [6, 6.07) is 11.5. The maximum absolute atomic E-state index is 13.5. The molecule has 1 aliphatic heterocycles. The smallest absolute Gasteiger partial charge is 0.310 e. The highest BCUT2D eigenvalue weighted by Gasteiger charge is 2.31. The Kier molecular flexibility index (Phi) is 6.79. The lowest BCUT2D eigenvalue weighted by molar-refractivity contribution is -0.150. The molecule has 4 rings (SSSR count). The number of carbonyl (C=O) groups excluding carboxylic acids is 2. The Morgan fingerprint density at radius 1 is 1.18 bits per heavy atom. The number of halogens is 2. The average Bonchev–Trinajstić information content (AvgIpc) is 2.82. The Hall–Kier alpha value is -3.19. The number of hydrogen-bond acceptors (Lipinski definition) is 5. The van der Waals surface area contributed by atoms with Crippen LogP contribution >= 0.6 is 11.6 Å². The Morgan fingerprint density at radius 3 is 2.76 bits per heavy atom. The number of benzene rings is 2. The molecule has 0 N–H and O–H groups in total. The third kappa shape index (κ3) is 4.93. The number of rotatable bonds is 5. The van der Waals surface area contributed by atoms with Crippen molar-refractivity contribution in [1.29, 1.82) is 0 Å². The van der Waals surface area contributed by atoms with Gasteiger partial charge in [0, 0.05) is 36.3 Å². The molecule has 0 spiro atoms. The lowest BCUT2D eigenvalue weighted by Crippen LogP contribution is -2.47. The summed E-state index contributed by atoms with van der Waals surface area (Å²) in [4.78, 5) is 30.8. The van der Waals surface area contributed by atoms with E-state index >= 15 is 0 Å². The summed E-state index contributed by atoms with van der Waals surface area (Å²) in [5.41, 5.74) is 2.18. The van der Waals surface area contributed by atoms with Gasteiger partial charge in [0.1, 0.15) is 11.6 Å². The quantitative estimate of drug-likeness (QED) is 0.497. The highest BCUT2D eigenvalue weighted by Crippen LogP contribution is 2.34. The molecule has 1 saturated heterocycles. The van der Waals surface area contributed by atoms with Crippen molar-refractivity contribution in [1.82, 2.24) is 9.88 Å². The second kappa shape index (κ2) is 9.75. The van der Waals surface area contributed by atoms with Gasteiger partial charge in [-0.15, -0.1) is 0 Å². The van der Waals surface area contributed by atoms with Crippen molar-refractivity contribution < 1.29 is 23.5 Å². The zero-order valence-corrected chi connectivity index (χ0v) is 19.1. The second-order valence-corrected chi connectivity index (χ2v) is 8.48.